The second kappa shape index (κ2) is 5.39. The molecule has 0 unspecified atom stereocenters. The number of aromatic nitrogens is 1. The van der Waals surface area contributed by atoms with Gasteiger partial charge in [-0.05, 0) is 35.0 Å². The summed E-state index contributed by atoms with van der Waals surface area (Å²) < 4.78 is 15.9. The van der Waals surface area contributed by atoms with E-state index < -0.39 is 8.24 Å². The molecule has 0 aromatic carbocycles. The van der Waals surface area contributed by atoms with Gasteiger partial charge in [0.1, 0.15) is 11.6 Å². The molecule has 0 saturated heterocycles. The quantitative estimate of drug-likeness (QED) is 0.751. The van der Waals surface area contributed by atoms with Crippen molar-refractivity contribution in [3.8, 4) is 0 Å². The van der Waals surface area contributed by atoms with Gasteiger partial charge >= 0.3 is 0 Å². The summed E-state index contributed by atoms with van der Waals surface area (Å²) in [5.41, 5.74) is 2.90. The summed E-state index contributed by atoms with van der Waals surface area (Å²) in [4.78, 5) is 0. The summed E-state index contributed by atoms with van der Waals surface area (Å²) in [5, 5.41) is 3.29. The van der Waals surface area contributed by atoms with E-state index in [1.807, 2.05) is 0 Å². The number of hydrogen-bond acceptors (Lipinski definition) is 1. The third-order valence-corrected chi connectivity index (χ3v) is 11.6. The van der Waals surface area contributed by atoms with Gasteiger partial charge in [0.15, 0.2) is 8.24 Å². The van der Waals surface area contributed by atoms with E-state index in [0.717, 1.165) is 11.4 Å². The molecule has 1 aromatic heterocycles. The molecule has 20 heavy (non-hydrogen) atoms. The number of halogens is 1. The lowest BCUT2D eigenvalue weighted by Crippen LogP contribution is -2.52. The lowest BCUT2D eigenvalue weighted by Gasteiger charge is -2.45. The molecule has 0 fully saturated rings. The van der Waals surface area contributed by atoms with Gasteiger partial charge in [0.2, 0.25) is 0 Å². The zero-order valence-corrected chi connectivity index (χ0v) is 14.5. The number of nitrogens with zero attached hydrogens (tertiary/aromatic N) is 1. The monoisotopic (exact) mass is 294 g/mol. The van der Waals surface area contributed by atoms with Gasteiger partial charge in [0.05, 0.1) is 6.54 Å². The highest BCUT2D eigenvalue weighted by molar-refractivity contribution is 6.82. The highest BCUT2D eigenvalue weighted by atomic mass is 28.3. The number of nitrogens with one attached hydrogen (secondary N) is 1. The van der Waals surface area contributed by atoms with E-state index in [-0.39, 0.29) is 5.83 Å². The van der Waals surface area contributed by atoms with Crippen molar-refractivity contribution in [1.29, 1.82) is 0 Å². The molecule has 0 aliphatic carbocycles. The van der Waals surface area contributed by atoms with Gasteiger partial charge in [-0.15, -0.1) is 0 Å². The number of fused-ring (bicyclic) bond motifs is 1. The SMILES string of the molecule is CC(C)[Si](C(C)C)(C(C)C)n1ccc2c1NCC(F)=C2. The lowest BCUT2D eigenvalue weighted by molar-refractivity contribution is 0.631. The van der Waals surface area contributed by atoms with E-state index in [1.54, 1.807) is 6.08 Å². The molecule has 0 saturated carbocycles. The fourth-order valence-electron chi connectivity index (χ4n) is 4.30. The summed E-state index contributed by atoms with van der Waals surface area (Å²) >= 11 is 0. The summed E-state index contributed by atoms with van der Waals surface area (Å²) in [6, 6.07) is 2.05. The number of hydrogen-bond donors (Lipinski definition) is 1. The zero-order chi connectivity index (χ0) is 15.1. The normalized spacial score (nSPS) is 15.6. The van der Waals surface area contributed by atoms with Crippen LogP contribution in [0, 0.1) is 0 Å². The minimum atomic E-state index is -1.75. The van der Waals surface area contributed by atoms with Gasteiger partial charge in [-0.25, -0.2) is 4.39 Å². The predicted molar refractivity (Wildman–Crippen MR) is 88.5 cm³/mol. The molecule has 4 heteroatoms. The van der Waals surface area contributed by atoms with Crippen molar-refractivity contribution in [2.24, 2.45) is 0 Å². The molecule has 2 nitrogen and oxygen atoms in total. The molecule has 1 aliphatic rings. The molecule has 0 amide bonds. The Bertz CT molecular complexity index is 493. The van der Waals surface area contributed by atoms with Crippen LogP contribution in [-0.2, 0) is 0 Å². The average molecular weight is 294 g/mol. The fraction of sp³-hybridized carbons (Fsp3) is 0.625. The Morgan fingerprint density at radius 1 is 1.10 bits per heavy atom. The molecule has 0 bridgehead atoms. The lowest BCUT2D eigenvalue weighted by atomic mass is 10.2. The molecule has 0 atom stereocenters. The van der Waals surface area contributed by atoms with Crippen molar-refractivity contribution in [3.63, 3.8) is 0 Å². The van der Waals surface area contributed by atoms with Crippen LogP contribution in [0.5, 0.6) is 0 Å². The summed E-state index contributed by atoms with van der Waals surface area (Å²) in [6.45, 7) is 14.4. The molecule has 2 rings (SSSR count). The highest BCUT2D eigenvalue weighted by Crippen LogP contribution is 2.45. The van der Waals surface area contributed by atoms with Crippen molar-refractivity contribution in [3.05, 3.63) is 23.7 Å². The molecule has 2 heterocycles. The van der Waals surface area contributed by atoms with Crippen molar-refractivity contribution in [2.75, 3.05) is 11.9 Å². The van der Waals surface area contributed by atoms with Crippen LogP contribution in [0.25, 0.3) is 6.08 Å². The summed E-state index contributed by atoms with van der Waals surface area (Å²) in [6.07, 6.45) is 3.85. The molecule has 0 radical (unpaired) electrons. The largest absolute Gasteiger partial charge is 0.365 e. The molecule has 112 valence electrons. The fourth-order valence-corrected chi connectivity index (χ4v) is 10.9. The molecular formula is C16H27FN2Si. The van der Waals surface area contributed by atoms with E-state index in [9.17, 15) is 4.39 Å². The zero-order valence-electron chi connectivity index (χ0n) is 13.5. The van der Waals surface area contributed by atoms with E-state index in [0.29, 0.717) is 23.2 Å². The Kier molecular flexibility index (Phi) is 4.14. The van der Waals surface area contributed by atoms with Crippen LogP contribution >= 0.6 is 0 Å². The molecular weight excluding hydrogens is 267 g/mol. The maximum atomic E-state index is 13.4. The van der Waals surface area contributed by atoms with Crippen LogP contribution in [0.1, 0.15) is 47.1 Å². The van der Waals surface area contributed by atoms with E-state index >= 15 is 0 Å². The smallest absolute Gasteiger partial charge is 0.171 e. The van der Waals surface area contributed by atoms with Gasteiger partial charge in [-0.1, -0.05) is 41.5 Å². The Morgan fingerprint density at radius 2 is 1.65 bits per heavy atom. The molecule has 0 spiro atoms. The summed E-state index contributed by atoms with van der Waals surface area (Å²) in [7, 11) is -1.75. The van der Waals surface area contributed by atoms with E-state index in [4.69, 9.17) is 0 Å². The van der Waals surface area contributed by atoms with Gasteiger partial charge < -0.3 is 9.55 Å². The standard InChI is InChI=1S/C16H27FN2Si/c1-11(2)20(12(3)4,13(5)6)19-8-7-14-9-15(17)10-18-16(14)19/h7-9,11-13,18H,10H2,1-6H3. The van der Waals surface area contributed by atoms with E-state index in [1.165, 1.54) is 0 Å². The first-order valence-electron chi connectivity index (χ1n) is 7.63. The molecule has 1 aromatic rings. The van der Waals surface area contributed by atoms with Crippen LogP contribution in [0.4, 0.5) is 10.2 Å². The van der Waals surface area contributed by atoms with Crippen LogP contribution < -0.4 is 5.32 Å². The van der Waals surface area contributed by atoms with Crippen molar-refractivity contribution >= 4 is 20.1 Å². The first-order chi connectivity index (χ1) is 9.31. The maximum Gasteiger partial charge on any atom is 0.171 e. The minimum Gasteiger partial charge on any atom is -0.365 e. The first kappa shape index (κ1) is 15.4. The van der Waals surface area contributed by atoms with Crippen molar-refractivity contribution < 1.29 is 4.39 Å². The Labute approximate surface area is 123 Å². The van der Waals surface area contributed by atoms with Gasteiger partial charge in [-0.3, -0.25) is 0 Å². The third kappa shape index (κ3) is 2.14. The predicted octanol–water partition coefficient (Wildman–Crippen LogP) is 5.25. The number of anilines is 1. The van der Waals surface area contributed by atoms with Gasteiger partial charge in [0, 0.05) is 5.56 Å². The Balaban J connectivity index is 2.63. The van der Waals surface area contributed by atoms with Gasteiger partial charge in [-0.2, -0.15) is 0 Å². The molecule has 1 N–H and O–H groups in total. The van der Waals surface area contributed by atoms with Gasteiger partial charge in [0.25, 0.3) is 0 Å². The summed E-state index contributed by atoms with van der Waals surface area (Å²) in [5.74, 6) is 1.04. The second-order valence-electron chi connectivity index (χ2n) is 6.79. The number of rotatable bonds is 4. The van der Waals surface area contributed by atoms with Crippen molar-refractivity contribution in [1.82, 2.24) is 4.23 Å². The Hall–Kier alpha value is -1.03. The minimum absolute atomic E-state index is 0.0823. The van der Waals surface area contributed by atoms with Crippen LogP contribution in [0.2, 0.25) is 16.6 Å². The third-order valence-electron chi connectivity index (χ3n) is 4.85. The van der Waals surface area contributed by atoms with Crippen LogP contribution in [0.15, 0.2) is 18.1 Å². The highest BCUT2D eigenvalue weighted by Gasteiger charge is 2.46. The Morgan fingerprint density at radius 3 is 2.15 bits per heavy atom. The topological polar surface area (TPSA) is 17.0 Å². The van der Waals surface area contributed by atoms with Crippen LogP contribution in [0.3, 0.4) is 0 Å². The first-order valence-corrected chi connectivity index (χ1v) is 9.81. The van der Waals surface area contributed by atoms with Crippen LogP contribution in [-0.4, -0.2) is 19.0 Å². The molecule has 1 aliphatic heterocycles. The van der Waals surface area contributed by atoms with E-state index in [2.05, 4.69) is 63.4 Å². The van der Waals surface area contributed by atoms with Crippen molar-refractivity contribution in [2.45, 2.75) is 58.2 Å². The average Bonchev–Trinajstić information content (AvgIpc) is 2.72. The second-order valence-corrected chi connectivity index (χ2v) is 12.5. The maximum absolute atomic E-state index is 13.4.